The summed E-state index contributed by atoms with van der Waals surface area (Å²) in [5.74, 6) is 0.706. The number of hydrogen-bond donors (Lipinski definition) is 2. The van der Waals surface area contributed by atoms with E-state index in [1.54, 1.807) is 13.2 Å². The quantitative estimate of drug-likeness (QED) is 0.698. The van der Waals surface area contributed by atoms with Crippen molar-refractivity contribution in [1.29, 1.82) is 0 Å². The summed E-state index contributed by atoms with van der Waals surface area (Å²) in [5, 5.41) is 5.71. The van der Waals surface area contributed by atoms with E-state index in [0.29, 0.717) is 37.0 Å². The molecule has 32 heavy (non-hydrogen) atoms. The Hall–Kier alpha value is -2.95. The Morgan fingerprint density at radius 3 is 2.84 bits per heavy atom. The third kappa shape index (κ3) is 5.09. The van der Waals surface area contributed by atoms with Crippen molar-refractivity contribution in [3.63, 3.8) is 0 Å². The van der Waals surface area contributed by atoms with E-state index in [-0.39, 0.29) is 23.7 Å². The first-order valence-corrected chi connectivity index (χ1v) is 10.5. The summed E-state index contributed by atoms with van der Waals surface area (Å²) in [5.41, 5.74) is -0.115. The van der Waals surface area contributed by atoms with E-state index in [0.717, 1.165) is 44.1 Å². The zero-order chi connectivity index (χ0) is 22.7. The van der Waals surface area contributed by atoms with Crippen LogP contribution in [0, 0.1) is 0 Å². The van der Waals surface area contributed by atoms with Gasteiger partial charge in [0.1, 0.15) is 11.6 Å². The first kappa shape index (κ1) is 22.3. The van der Waals surface area contributed by atoms with E-state index < -0.39 is 11.7 Å². The minimum Gasteiger partial charge on any atom is -0.383 e. The number of nitrogens with one attached hydrogen (secondary N) is 2. The molecule has 4 heterocycles. The summed E-state index contributed by atoms with van der Waals surface area (Å²) < 4.78 is 44.6. The molecule has 2 atom stereocenters. The Morgan fingerprint density at radius 2 is 2.09 bits per heavy atom. The van der Waals surface area contributed by atoms with Gasteiger partial charge in [0.05, 0.1) is 23.9 Å². The highest BCUT2D eigenvalue weighted by Gasteiger charge is 2.31. The molecule has 2 aromatic rings. The molecule has 1 amide bonds. The smallest absolute Gasteiger partial charge is 0.383 e. The topological polar surface area (TPSA) is 92.3 Å². The molecule has 2 fully saturated rings. The molecule has 2 saturated heterocycles. The molecule has 0 aromatic carbocycles. The lowest BCUT2D eigenvalue weighted by atomic mass is 9.94. The van der Waals surface area contributed by atoms with Crippen LogP contribution >= 0.6 is 0 Å². The molecule has 2 unspecified atom stereocenters. The number of alkyl halides is 3. The van der Waals surface area contributed by atoms with E-state index in [2.05, 4.69) is 25.5 Å². The van der Waals surface area contributed by atoms with Crippen LogP contribution in [0.2, 0.25) is 0 Å². The standard InChI is InChI=1S/C21H25F3N6O2/c1-32-12-15-3-2-8-30(15)20-27-16(13-4-6-26-19(31)9-13)11-18(29-20)28-17-10-14(5-7-25-17)21(22,23)24/h5,7,10-11,13,15H,2-4,6,8-9,12H2,1H3,(H,26,31)(H,25,27,28,29). The number of carbonyl (C=O) groups is 1. The van der Waals surface area contributed by atoms with Crippen molar-refractivity contribution in [2.75, 3.05) is 37.0 Å². The zero-order valence-corrected chi connectivity index (χ0v) is 17.7. The van der Waals surface area contributed by atoms with Gasteiger partial charge in [-0.15, -0.1) is 0 Å². The Labute approximate surface area is 183 Å². The zero-order valence-electron chi connectivity index (χ0n) is 17.7. The number of carbonyl (C=O) groups excluding carboxylic acids is 1. The Balaban J connectivity index is 1.68. The van der Waals surface area contributed by atoms with E-state index >= 15 is 0 Å². The SMILES string of the molecule is COCC1CCCN1c1nc(Nc2cc(C(F)(F)F)ccn2)cc(C2CCNC(=O)C2)n1. The van der Waals surface area contributed by atoms with Crippen LogP contribution in [0.25, 0.3) is 0 Å². The number of rotatable bonds is 6. The van der Waals surface area contributed by atoms with E-state index in [1.807, 2.05) is 0 Å². The second-order valence-electron chi connectivity index (χ2n) is 8.02. The van der Waals surface area contributed by atoms with Gasteiger partial charge in [-0.25, -0.2) is 9.97 Å². The van der Waals surface area contributed by atoms with Crippen LogP contribution in [0.5, 0.6) is 0 Å². The van der Waals surface area contributed by atoms with Crippen molar-refractivity contribution < 1.29 is 22.7 Å². The first-order chi connectivity index (χ1) is 15.3. The highest BCUT2D eigenvalue weighted by Crippen LogP contribution is 2.33. The van der Waals surface area contributed by atoms with Gasteiger partial charge in [-0.2, -0.15) is 18.2 Å². The van der Waals surface area contributed by atoms with Gasteiger partial charge in [0, 0.05) is 44.8 Å². The van der Waals surface area contributed by atoms with Crippen molar-refractivity contribution in [3.8, 4) is 0 Å². The maximum Gasteiger partial charge on any atom is 0.416 e. The number of nitrogens with zero attached hydrogens (tertiary/aromatic N) is 4. The van der Waals surface area contributed by atoms with Crippen LogP contribution in [0.4, 0.5) is 30.8 Å². The van der Waals surface area contributed by atoms with Gasteiger partial charge in [-0.1, -0.05) is 0 Å². The van der Waals surface area contributed by atoms with E-state index in [1.165, 1.54) is 0 Å². The molecule has 8 nitrogen and oxygen atoms in total. The van der Waals surface area contributed by atoms with Crippen LogP contribution in [0.15, 0.2) is 24.4 Å². The molecular formula is C21H25F3N6O2. The summed E-state index contributed by atoms with van der Waals surface area (Å²) in [6.07, 6.45) is -0.435. The van der Waals surface area contributed by atoms with Gasteiger partial charge in [0.25, 0.3) is 0 Å². The summed E-state index contributed by atoms with van der Waals surface area (Å²) in [4.78, 5) is 27.3. The molecular weight excluding hydrogens is 425 g/mol. The number of methoxy groups -OCH3 is 1. The number of amides is 1. The lowest BCUT2D eigenvalue weighted by Gasteiger charge is -2.27. The van der Waals surface area contributed by atoms with Gasteiger partial charge < -0.3 is 20.3 Å². The molecule has 4 rings (SSSR count). The second-order valence-corrected chi connectivity index (χ2v) is 8.02. The number of halogens is 3. The lowest BCUT2D eigenvalue weighted by Crippen LogP contribution is -2.35. The maximum atomic E-state index is 13.1. The Kier molecular flexibility index (Phi) is 6.45. The third-order valence-electron chi connectivity index (χ3n) is 5.74. The molecule has 2 aromatic heterocycles. The highest BCUT2D eigenvalue weighted by atomic mass is 19.4. The maximum absolute atomic E-state index is 13.1. The third-order valence-corrected chi connectivity index (χ3v) is 5.74. The predicted octanol–water partition coefficient (Wildman–Crippen LogP) is 3.24. The minimum absolute atomic E-state index is 0.0340. The first-order valence-electron chi connectivity index (χ1n) is 10.5. The largest absolute Gasteiger partial charge is 0.416 e. The molecule has 0 saturated carbocycles. The van der Waals surface area contributed by atoms with Crippen molar-refractivity contribution >= 4 is 23.5 Å². The fourth-order valence-electron chi connectivity index (χ4n) is 4.16. The summed E-state index contributed by atoms with van der Waals surface area (Å²) >= 11 is 0. The number of hydrogen-bond acceptors (Lipinski definition) is 7. The minimum atomic E-state index is -4.47. The Bertz CT molecular complexity index is 971. The average Bonchev–Trinajstić information content (AvgIpc) is 3.22. The second kappa shape index (κ2) is 9.27. The molecule has 2 N–H and O–H groups in total. The van der Waals surface area contributed by atoms with Gasteiger partial charge in [0.2, 0.25) is 11.9 Å². The normalized spacial score (nSPS) is 21.5. The fourth-order valence-corrected chi connectivity index (χ4v) is 4.16. The van der Waals surface area contributed by atoms with Crippen molar-refractivity contribution in [3.05, 3.63) is 35.7 Å². The van der Waals surface area contributed by atoms with Crippen LogP contribution in [0.1, 0.15) is 42.9 Å². The van der Waals surface area contributed by atoms with Crippen LogP contribution in [-0.4, -0.2) is 53.7 Å². The molecule has 0 radical (unpaired) electrons. The number of piperidine rings is 1. The molecule has 2 aliphatic rings. The van der Waals surface area contributed by atoms with Crippen LogP contribution in [-0.2, 0) is 15.7 Å². The van der Waals surface area contributed by atoms with Crippen molar-refractivity contribution in [1.82, 2.24) is 20.3 Å². The van der Waals surface area contributed by atoms with Crippen LogP contribution in [0.3, 0.4) is 0 Å². The number of aromatic nitrogens is 3. The lowest BCUT2D eigenvalue weighted by molar-refractivity contribution is -0.137. The van der Waals surface area contributed by atoms with Crippen molar-refractivity contribution in [2.24, 2.45) is 0 Å². The summed E-state index contributed by atoms with van der Waals surface area (Å²) in [6.45, 7) is 1.83. The summed E-state index contributed by atoms with van der Waals surface area (Å²) in [7, 11) is 1.64. The molecule has 2 aliphatic heterocycles. The molecule has 0 aliphatic carbocycles. The predicted molar refractivity (Wildman–Crippen MR) is 112 cm³/mol. The highest BCUT2D eigenvalue weighted by molar-refractivity contribution is 5.77. The molecule has 0 spiro atoms. The monoisotopic (exact) mass is 450 g/mol. The van der Waals surface area contributed by atoms with Gasteiger partial charge in [0.15, 0.2) is 0 Å². The number of anilines is 3. The Morgan fingerprint density at radius 1 is 1.25 bits per heavy atom. The van der Waals surface area contributed by atoms with E-state index in [4.69, 9.17) is 9.72 Å². The van der Waals surface area contributed by atoms with Crippen molar-refractivity contribution in [2.45, 2.75) is 43.8 Å². The van der Waals surface area contributed by atoms with Crippen LogP contribution < -0.4 is 15.5 Å². The molecule has 11 heteroatoms. The number of pyridine rings is 1. The molecule has 172 valence electrons. The molecule has 0 bridgehead atoms. The van der Waals surface area contributed by atoms with Gasteiger partial charge in [-0.05, 0) is 31.4 Å². The van der Waals surface area contributed by atoms with Gasteiger partial charge >= 0.3 is 6.18 Å². The van der Waals surface area contributed by atoms with E-state index in [9.17, 15) is 18.0 Å². The summed E-state index contributed by atoms with van der Waals surface area (Å²) in [6, 6.07) is 3.67. The average molecular weight is 450 g/mol. The van der Waals surface area contributed by atoms with Gasteiger partial charge in [-0.3, -0.25) is 4.79 Å². The number of ether oxygens (including phenoxy) is 1. The fraction of sp³-hybridized carbons (Fsp3) is 0.524.